The highest BCUT2D eigenvalue weighted by molar-refractivity contribution is 9.10. The normalized spacial score (nSPS) is 10.7. The first kappa shape index (κ1) is 22.4. The minimum atomic E-state index is -0.456. The van der Waals surface area contributed by atoms with E-state index in [1.165, 1.54) is 0 Å². The van der Waals surface area contributed by atoms with E-state index in [0.717, 1.165) is 22.5 Å². The minimum Gasteiger partial charge on any atom is -0.267 e. The molecule has 5 aromatic rings. The predicted molar refractivity (Wildman–Crippen MR) is 139 cm³/mol. The third-order valence-corrected chi connectivity index (χ3v) is 6.12. The van der Waals surface area contributed by atoms with Crippen molar-refractivity contribution in [1.82, 2.24) is 20.8 Å². The molecule has 0 saturated carbocycles. The topological polar surface area (TPSA) is 84.0 Å². The lowest BCUT2D eigenvalue weighted by Gasteiger charge is -2.12. The van der Waals surface area contributed by atoms with Crippen LogP contribution in [0.25, 0.3) is 33.5 Å². The summed E-state index contributed by atoms with van der Waals surface area (Å²) in [6, 6.07) is 31.8. The van der Waals surface area contributed by atoms with Gasteiger partial charge in [0.2, 0.25) is 0 Å². The van der Waals surface area contributed by atoms with E-state index in [1.54, 1.807) is 36.4 Å². The Labute approximate surface area is 210 Å². The van der Waals surface area contributed by atoms with Gasteiger partial charge in [-0.3, -0.25) is 20.4 Å². The number of nitrogens with one attached hydrogen (secondary N) is 2. The van der Waals surface area contributed by atoms with Gasteiger partial charge in [-0.25, -0.2) is 9.97 Å². The van der Waals surface area contributed by atoms with Gasteiger partial charge in [0, 0.05) is 21.2 Å². The molecule has 1 aromatic heterocycles. The molecule has 2 amide bonds. The van der Waals surface area contributed by atoms with Crippen LogP contribution in [0.1, 0.15) is 20.7 Å². The maximum absolute atomic E-state index is 12.8. The van der Waals surface area contributed by atoms with Crippen LogP contribution in [0.2, 0.25) is 0 Å². The number of nitrogens with zero attached hydrogens (tertiary/aromatic N) is 2. The summed E-state index contributed by atoms with van der Waals surface area (Å²) in [5.74, 6) is -0.882. The quantitative estimate of drug-likeness (QED) is 0.292. The molecule has 6 nitrogen and oxygen atoms in total. The Morgan fingerprint density at radius 3 is 1.77 bits per heavy atom. The number of carbonyl (C=O) groups excluding carboxylic acids is 2. The zero-order valence-electron chi connectivity index (χ0n) is 18.4. The summed E-state index contributed by atoms with van der Waals surface area (Å²) in [5, 5.41) is 0. The van der Waals surface area contributed by atoms with Gasteiger partial charge in [0.05, 0.1) is 28.0 Å². The first-order chi connectivity index (χ1) is 17.1. The molecule has 5 rings (SSSR count). The van der Waals surface area contributed by atoms with Crippen molar-refractivity contribution in [2.75, 3.05) is 0 Å². The van der Waals surface area contributed by atoms with E-state index in [4.69, 9.17) is 9.97 Å². The maximum Gasteiger partial charge on any atom is 0.270 e. The Morgan fingerprint density at radius 1 is 0.600 bits per heavy atom. The molecule has 7 heteroatoms. The summed E-state index contributed by atoms with van der Waals surface area (Å²) in [7, 11) is 0. The molecule has 170 valence electrons. The van der Waals surface area contributed by atoms with Crippen LogP contribution >= 0.6 is 15.9 Å². The summed E-state index contributed by atoms with van der Waals surface area (Å²) in [6.07, 6.45) is 0. The van der Waals surface area contributed by atoms with Gasteiger partial charge < -0.3 is 0 Å². The molecule has 0 fully saturated rings. The number of benzene rings is 4. The molecule has 0 bridgehead atoms. The van der Waals surface area contributed by atoms with E-state index < -0.39 is 11.8 Å². The van der Waals surface area contributed by atoms with Crippen molar-refractivity contribution < 1.29 is 9.59 Å². The van der Waals surface area contributed by atoms with Gasteiger partial charge in [0.1, 0.15) is 0 Å². The third kappa shape index (κ3) is 4.81. The monoisotopic (exact) mass is 522 g/mol. The molecule has 0 atom stereocenters. The van der Waals surface area contributed by atoms with Crippen LogP contribution in [-0.4, -0.2) is 21.8 Å². The van der Waals surface area contributed by atoms with Gasteiger partial charge in [-0.05, 0) is 46.3 Å². The van der Waals surface area contributed by atoms with Crippen LogP contribution in [0.5, 0.6) is 0 Å². The zero-order valence-corrected chi connectivity index (χ0v) is 20.0. The largest absolute Gasteiger partial charge is 0.270 e. The first-order valence-corrected chi connectivity index (χ1v) is 11.7. The number of halogens is 1. The summed E-state index contributed by atoms with van der Waals surface area (Å²) >= 11 is 3.34. The molecule has 2 N–H and O–H groups in total. The number of aromatic nitrogens is 2. The van der Waals surface area contributed by atoms with E-state index in [9.17, 15) is 9.59 Å². The predicted octanol–water partition coefficient (Wildman–Crippen LogP) is 5.80. The van der Waals surface area contributed by atoms with E-state index >= 15 is 0 Å². The molecule has 0 aliphatic heterocycles. The van der Waals surface area contributed by atoms with Crippen LogP contribution in [0.4, 0.5) is 0 Å². The molecule has 0 spiro atoms. The van der Waals surface area contributed by atoms with Crippen molar-refractivity contribution in [2.45, 2.75) is 0 Å². The number of hydrogen-bond donors (Lipinski definition) is 2. The number of hydrogen-bond acceptors (Lipinski definition) is 4. The van der Waals surface area contributed by atoms with Crippen molar-refractivity contribution >= 4 is 38.8 Å². The SMILES string of the molecule is O=C(NNC(=O)c1ccccc1Br)c1ccc2nc(-c3ccccc3)c(-c3ccccc3)nc2c1. The van der Waals surface area contributed by atoms with E-state index in [1.807, 2.05) is 66.7 Å². The number of carbonyl (C=O) groups is 2. The fraction of sp³-hybridized carbons (Fsp3) is 0. The van der Waals surface area contributed by atoms with Crippen molar-refractivity contribution in [3.05, 3.63) is 119 Å². The standard InChI is InChI=1S/C28H19BrN4O2/c29-22-14-8-7-13-21(22)28(35)33-32-27(34)20-15-16-23-24(17-20)31-26(19-11-5-2-6-12-19)25(30-23)18-9-3-1-4-10-18/h1-17H,(H,32,34)(H,33,35). The zero-order chi connectivity index (χ0) is 24.2. The summed E-state index contributed by atoms with van der Waals surface area (Å²) in [6.45, 7) is 0. The Kier molecular flexibility index (Phi) is 6.32. The number of amides is 2. The Bertz CT molecular complexity index is 1540. The fourth-order valence-electron chi connectivity index (χ4n) is 3.69. The van der Waals surface area contributed by atoms with Crippen LogP contribution in [-0.2, 0) is 0 Å². The molecule has 35 heavy (non-hydrogen) atoms. The smallest absolute Gasteiger partial charge is 0.267 e. The van der Waals surface area contributed by atoms with Crippen LogP contribution < -0.4 is 10.9 Å². The van der Waals surface area contributed by atoms with Crippen molar-refractivity contribution in [2.24, 2.45) is 0 Å². The fourth-order valence-corrected chi connectivity index (χ4v) is 4.15. The van der Waals surface area contributed by atoms with Crippen LogP contribution in [0.3, 0.4) is 0 Å². The molecule has 0 unspecified atom stereocenters. The Morgan fingerprint density at radius 2 is 1.14 bits per heavy atom. The summed E-state index contributed by atoms with van der Waals surface area (Å²) < 4.78 is 0.635. The van der Waals surface area contributed by atoms with Crippen molar-refractivity contribution in [1.29, 1.82) is 0 Å². The van der Waals surface area contributed by atoms with Gasteiger partial charge in [0.25, 0.3) is 11.8 Å². The van der Waals surface area contributed by atoms with E-state index in [-0.39, 0.29) is 0 Å². The number of rotatable bonds is 4. The van der Waals surface area contributed by atoms with Gasteiger partial charge in [0.15, 0.2) is 0 Å². The highest BCUT2D eigenvalue weighted by Gasteiger charge is 2.16. The molecule has 0 aliphatic rings. The maximum atomic E-state index is 12.8. The Balaban J connectivity index is 1.47. The lowest BCUT2D eigenvalue weighted by Crippen LogP contribution is -2.41. The second-order valence-electron chi connectivity index (χ2n) is 7.74. The van der Waals surface area contributed by atoms with Crippen LogP contribution in [0.15, 0.2) is 108 Å². The number of fused-ring (bicyclic) bond motifs is 1. The second-order valence-corrected chi connectivity index (χ2v) is 8.60. The molecule has 0 radical (unpaired) electrons. The number of hydrazine groups is 1. The second kappa shape index (κ2) is 9.87. The van der Waals surface area contributed by atoms with Crippen molar-refractivity contribution in [3.63, 3.8) is 0 Å². The molecule has 4 aromatic carbocycles. The third-order valence-electron chi connectivity index (χ3n) is 5.43. The van der Waals surface area contributed by atoms with Crippen molar-refractivity contribution in [3.8, 4) is 22.5 Å². The Hall–Kier alpha value is -4.36. The molecule has 0 aliphatic carbocycles. The average molecular weight is 523 g/mol. The molecular weight excluding hydrogens is 504 g/mol. The van der Waals surface area contributed by atoms with Gasteiger partial charge >= 0.3 is 0 Å². The highest BCUT2D eigenvalue weighted by atomic mass is 79.9. The highest BCUT2D eigenvalue weighted by Crippen LogP contribution is 2.31. The van der Waals surface area contributed by atoms with E-state index in [0.29, 0.717) is 26.6 Å². The van der Waals surface area contributed by atoms with Gasteiger partial charge in [-0.15, -0.1) is 0 Å². The summed E-state index contributed by atoms with van der Waals surface area (Å²) in [5.41, 5.74) is 10.3. The molecule has 0 saturated heterocycles. The molecule has 1 heterocycles. The lowest BCUT2D eigenvalue weighted by atomic mass is 10.0. The van der Waals surface area contributed by atoms with Crippen LogP contribution in [0, 0.1) is 0 Å². The van der Waals surface area contributed by atoms with Gasteiger partial charge in [-0.2, -0.15) is 0 Å². The van der Waals surface area contributed by atoms with E-state index in [2.05, 4.69) is 26.8 Å². The lowest BCUT2D eigenvalue weighted by molar-refractivity contribution is 0.0846. The minimum absolute atomic E-state index is 0.353. The van der Waals surface area contributed by atoms with Gasteiger partial charge in [-0.1, -0.05) is 72.8 Å². The first-order valence-electron chi connectivity index (χ1n) is 10.9. The molecular formula is C28H19BrN4O2. The summed E-state index contributed by atoms with van der Waals surface area (Å²) in [4.78, 5) is 34.9. The average Bonchev–Trinajstić information content (AvgIpc) is 2.91.